The Balaban J connectivity index is 1.57. The van der Waals surface area contributed by atoms with Crippen molar-refractivity contribution in [2.75, 3.05) is 31.4 Å². The van der Waals surface area contributed by atoms with E-state index in [4.69, 9.17) is 9.47 Å². The van der Waals surface area contributed by atoms with Crippen molar-refractivity contribution in [1.82, 2.24) is 9.97 Å². The first-order chi connectivity index (χ1) is 13.2. The lowest BCUT2D eigenvalue weighted by atomic mass is 10.1. The van der Waals surface area contributed by atoms with E-state index in [1.54, 1.807) is 32.4 Å². The number of aromatic nitrogens is 2. The van der Waals surface area contributed by atoms with Crippen molar-refractivity contribution < 1.29 is 13.9 Å². The van der Waals surface area contributed by atoms with Crippen LogP contribution < -0.4 is 20.1 Å². The average Bonchev–Trinajstić information content (AvgIpc) is 2.70. The first-order valence-electron chi connectivity index (χ1n) is 8.47. The Morgan fingerprint density at radius 1 is 0.889 bits per heavy atom. The van der Waals surface area contributed by atoms with Gasteiger partial charge in [-0.3, -0.25) is 0 Å². The van der Waals surface area contributed by atoms with Crippen molar-refractivity contribution >= 4 is 17.3 Å². The summed E-state index contributed by atoms with van der Waals surface area (Å²) in [5, 5.41) is 6.39. The van der Waals surface area contributed by atoms with Crippen LogP contribution in [0.15, 0.2) is 54.9 Å². The molecule has 27 heavy (non-hydrogen) atoms. The molecule has 0 saturated carbocycles. The number of hydrogen-bond acceptors (Lipinski definition) is 6. The fourth-order valence-corrected chi connectivity index (χ4v) is 2.57. The van der Waals surface area contributed by atoms with E-state index in [0.717, 1.165) is 17.7 Å². The number of hydrogen-bond donors (Lipinski definition) is 2. The molecule has 0 radical (unpaired) electrons. The highest BCUT2D eigenvalue weighted by atomic mass is 19.1. The minimum absolute atomic E-state index is 0.277. The lowest BCUT2D eigenvalue weighted by molar-refractivity contribution is 0.354. The van der Waals surface area contributed by atoms with Crippen molar-refractivity contribution in [2.45, 2.75) is 6.42 Å². The number of nitrogens with one attached hydrogen (secondary N) is 2. The lowest BCUT2D eigenvalue weighted by Gasteiger charge is -2.11. The van der Waals surface area contributed by atoms with Crippen LogP contribution in [0, 0.1) is 5.82 Å². The molecule has 0 aliphatic heterocycles. The van der Waals surface area contributed by atoms with E-state index < -0.39 is 0 Å². The standard InChI is InChI=1S/C20H21FN4O2/c1-26-17-8-3-14(11-18(17)27-2)9-10-22-19-12-20(24-13-23-19)25-16-6-4-15(21)5-7-16/h3-8,11-13H,9-10H2,1-2H3,(H2,22,23,24,25). The Hall–Kier alpha value is -3.35. The zero-order valence-corrected chi connectivity index (χ0v) is 15.2. The Morgan fingerprint density at radius 3 is 2.37 bits per heavy atom. The van der Waals surface area contributed by atoms with Crippen molar-refractivity contribution in [2.24, 2.45) is 0 Å². The lowest BCUT2D eigenvalue weighted by Crippen LogP contribution is -2.07. The van der Waals surface area contributed by atoms with Gasteiger partial charge in [-0.25, -0.2) is 14.4 Å². The first kappa shape index (κ1) is 18.4. The second-order valence-electron chi connectivity index (χ2n) is 5.79. The van der Waals surface area contributed by atoms with Gasteiger partial charge in [0.2, 0.25) is 0 Å². The van der Waals surface area contributed by atoms with Crippen molar-refractivity contribution in [3.63, 3.8) is 0 Å². The minimum atomic E-state index is -0.277. The molecule has 3 rings (SSSR count). The molecular weight excluding hydrogens is 347 g/mol. The van der Waals surface area contributed by atoms with Gasteiger partial charge in [-0.05, 0) is 48.4 Å². The summed E-state index contributed by atoms with van der Waals surface area (Å²) in [4.78, 5) is 8.40. The fourth-order valence-electron chi connectivity index (χ4n) is 2.57. The molecule has 7 heteroatoms. The summed E-state index contributed by atoms with van der Waals surface area (Å²) < 4.78 is 23.6. The second-order valence-corrected chi connectivity index (χ2v) is 5.79. The van der Waals surface area contributed by atoms with E-state index >= 15 is 0 Å². The van der Waals surface area contributed by atoms with Crippen molar-refractivity contribution in [1.29, 1.82) is 0 Å². The number of ether oxygens (including phenoxy) is 2. The smallest absolute Gasteiger partial charge is 0.160 e. The summed E-state index contributed by atoms with van der Waals surface area (Å²) >= 11 is 0. The van der Waals surface area contributed by atoms with E-state index in [1.165, 1.54) is 18.5 Å². The van der Waals surface area contributed by atoms with Crippen LogP contribution in [0.2, 0.25) is 0 Å². The van der Waals surface area contributed by atoms with Crippen LogP contribution in [0.1, 0.15) is 5.56 Å². The molecule has 0 saturated heterocycles. The Morgan fingerprint density at radius 2 is 1.63 bits per heavy atom. The molecule has 1 heterocycles. The van der Waals surface area contributed by atoms with Gasteiger partial charge in [0.05, 0.1) is 14.2 Å². The van der Waals surface area contributed by atoms with Gasteiger partial charge in [-0.2, -0.15) is 0 Å². The van der Waals surface area contributed by atoms with E-state index in [2.05, 4.69) is 20.6 Å². The highest BCUT2D eigenvalue weighted by Crippen LogP contribution is 2.27. The molecule has 0 fully saturated rings. The Bertz CT molecular complexity index is 887. The maximum atomic E-state index is 13.0. The molecule has 0 atom stereocenters. The van der Waals surface area contributed by atoms with Crippen LogP contribution in [0.4, 0.5) is 21.7 Å². The third-order valence-corrected chi connectivity index (χ3v) is 3.95. The molecular formula is C20H21FN4O2. The normalized spacial score (nSPS) is 10.3. The summed E-state index contributed by atoms with van der Waals surface area (Å²) in [5.41, 5.74) is 1.88. The Labute approximate surface area is 157 Å². The van der Waals surface area contributed by atoms with Crippen LogP contribution >= 0.6 is 0 Å². The fraction of sp³-hybridized carbons (Fsp3) is 0.200. The molecule has 0 aliphatic rings. The molecule has 140 valence electrons. The maximum Gasteiger partial charge on any atom is 0.160 e. The number of rotatable bonds is 8. The van der Waals surface area contributed by atoms with E-state index in [1.807, 2.05) is 18.2 Å². The average molecular weight is 368 g/mol. The van der Waals surface area contributed by atoms with Gasteiger partial charge < -0.3 is 20.1 Å². The minimum Gasteiger partial charge on any atom is -0.493 e. The van der Waals surface area contributed by atoms with Crippen LogP contribution in [0.25, 0.3) is 0 Å². The number of nitrogens with zero attached hydrogens (tertiary/aromatic N) is 2. The van der Waals surface area contributed by atoms with Crippen LogP contribution in [-0.2, 0) is 6.42 Å². The predicted octanol–water partition coefficient (Wildman–Crippen LogP) is 4.03. The zero-order chi connectivity index (χ0) is 19.1. The molecule has 0 spiro atoms. The molecule has 0 unspecified atom stereocenters. The molecule has 2 N–H and O–H groups in total. The summed E-state index contributed by atoms with van der Waals surface area (Å²) in [6, 6.07) is 13.8. The van der Waals surface area contributed by atoms with E-state index in [-0.39, 0.29) is 5.82 Å². The molecule has 3 aromatic rings. The van der Waals surface area contributed by atoms with Gasteiger partial charge in [0.25, 0.3) is 0 Å². The molecule has 6 nitrogen and oxygen atoms in total. The SMILES string of the molecule is COc1ccc(CCNc2cc(Nc3ccc(F)cc3)ncn2)cc1OC. The van der Waals surface area contributed by atoms with Crippen LogP contribution in [-0.4, -0.2) is 30.7 Å². The van der Waals surface area contributed by atoms with Crippen molar-refractivity contribution in [3.8, 4) is 11.5 Å². The predicted molar refractivity (Wildman–Crippen MR) is 103 cm³/mol. The zero-order valence-electron chi connectivity index (χ0n) is 15.2. The first-order valence-corrected chi connectivity index (χ1v) is 8.47. The molecule has 0 bridgehead atoms. The van der Waals surface area contributed by atoms with E-state index in [0.29, 0.717) is 29.7 Å². The summed E-state index contributed by atoms with van der Waals surface area (Å²) in [6.07, 6.45) is 2.27. The molecule has 2 aromatic carbocycles. The molecule has 0 amide bonds. The highest BCUT2D eigenvalue weighted by Gasteiger charge is 2.05. The molecule has 1 aromatic heterocycles. The molecule has 0 aliphatic carbocycles. The van der Waals surface area contributed by atoms with Gasteiger partial charge in [-0.15, -0.1) is 0 Å². The number of methoxy groups -OCH3 is 2. The monoisotopic (exact) mass is 368 g/mol. The number of benzene rings is 2. The number of anilines is 3. The Kier molecular flexibility index (Phi) is 6.04. The topological polar surface area (TPSA) is 68.3 Å². The second kappa shape index (κ2) is 8.84. The summed E-state index contributed by atoms with van der Waals surface area (Å²) in [7, 11) is 3.24. The largest absolute Gasteiger partial charge is 0.493 e. The van der Waals surface area contributed by atoms with Gasteiger partial charge >= 0.3 is 0 Å². The maximum absolute atomic E-state index is 13.0. The van der Waals surface area contributed by atoms with Crippen molar-refractivity contribution in [3.05, 3.63) is 66.2 Å². The number of halogens is 1. The van der Waals surface area contributed by atoms with Crippen LogP contribution in [0.5, 0.6) is 11.5 Å². The quantitative estimate of drug-likeness (QED) is 0.626. The van der Waals surface area contributed by atoms with Gasteiger partial charge in [0.15, 0.2) is 11.5 Å². The summed E-state index contributed by atoms with van der Waals surface area (Å²) in [6.45, 7) is 0.697. The summed E-state index contributed by atoms with van der Waals surface area (Å²) in [5.74, 6) is 2.48. The van der Waals surface area contributed by atoms with Gasteiger partial charge in [0.1, 0.15) is 23.8 Å². The third-order valence-electron chi connectivity index (χ3n) is 3.95. The van der Waals surface area contributed by atoms with Crippen LogP contribution in [0.3, 0.4) is 0 Å². The van der Waals surface area contributed by atoms with Gasteiger partial charge in [0, 0.05) is 18.3 Å². The van der Waals surface area contributed by atoms with Gasteiger partial charge in [-0.1, -0.05) is 6.07 Å². The third kappa shape index (κ3) is 5.07. The highest BCUT2D eigenvalue weighted by molar-refractivity contribution is 5.58. The van der Waals surface area contributed by atoms with E-state index in [9.17, 15) is 4.39 Å².